The van der Waals surface area contributed by atoms with E-state index in [1.807, 2.05) is 54.6 Å². The topological polar surface area (TPSA) is 84.3 Å². The molecule has 1 aromatic heterocycles. The molecule has 0 saturated carbocycles. The average Bonchev–Trinajstić information content (AvgIpc) is 3.19. The summed E-state index contributed by atoms with van der Waals surface area (Å²) in [7, 11) is -2.99. The normalized spacial score (nSPS) is 18.1. The van der Waals surface area contributed by atoms with Gasteiger partial charge in [-0.1, -0.05) is 31.0 Å². The van der Waals surface area contributed by atoms with Gasteiger partial charge in [0.15, 0.2) is 9.84 Å². The number of sulfone groups is 1. The molecular weight excluding hydrogens is 400 g/mol. The lowest BCUT2D eigenvalue weighted by Gasteiger charge is -2.27. The Balaban J connectivity index is 1.73. The molecule has 1 fully saturated rings. The van der Waals surface area contributed by atoms with Crippen molar-refractivity contribution < 1.29 is 13.2 Å². The van der Waals surface area contributed by atoms with Crippen LogP contribution in [-0.4, -0.2) is 59.6 Å². The molecule has 2 aromatic rings. The zero-order chi connectivity index (χ0) is 21.9. The quantitative estimate of drug-likeness (QED) is 0.693. The van der Waals surface area contributed by atoms with Gasteiger partial charge in [-0.3, -0.25) is 9.69 Å². The molecule has 1 N–H and O–H groups in total. The Hall–Kier alpha value is -2.19. The number of aromatic nitrogens is 2. The van der Waals surface area contributed by atoms with Crippen molar-refractivity contribution in [3.05, 3.63) is 41.2 Å². The van der Waals surface area contributed by atoms with Crippen LogP contribution in [0, 0.1) is 20.8 Å². The van der Waals surface area contributed by atoms with Crippen LogP contribution in [0.4, 0.5) is 5.69 Å². The first-order valence-electron chi connectivity index (χ1n) is 10.6. The predicted octanol–water partition coefficient (Wildman–Crippen LogP) is 3.03. The number of amides is 1. The average molecular weight is 433 g/mol. The Morgan fingerprint density at radius 1 is 1.23 bits per heavy atom. The molecule has 0 radical (unpaired) electrons. The van der Waals surface area contributed by atoms with Crippen molar-refractivity contribution in [1.82, 2.24) is 14.7 Å². The maximum Gasteiger partial charge on any atom is 0.238 e. The van der Waals surface area contributed by atoms with Crippen LogP contribution in [0.25, 0.3) is 5.69 Å². The number of hydrogen-bond acceptors (Lipinski definition) is 5. The van der Waals surface area contributed by atoms with E-state index in [1.165, 1.54) is 5.56 Å². The van der Waals surface area contributed by atoms with Gasteiger partial charge in [0.05, 0.1) is 40.8 Å². The van der Waals surface area contributed by atoms with E-state index in [2.05, 4.69) is 17.3 Å². The van der Waals surface area contributed by atoms with Gasteiger partial charge in [-0.15, -0.1) is 0 Å². The van der Waals surface area contributed by atoms with Gasteiger partial charge in [0.2, 0.25) is 5.91 Å². The molecule has 1 aromatic carbocycles. The molecule has 1 aliphatic heterocycles. The van der Waals surface area contributed by atoms with Crippen molar-refractivity contribution in [2.45, 2.75) is 53.0 Å². The summed E-state index contributed by atoms with van der Waals surface area (Å²) >= 11 is 0. The Bertz CT molecular complexity index is 996. The molecule has 30 heavy (non-hydrogen) atoms. The highest BCUT2D eigenvalue weighted by Crippen LogP contribution is 2.24. The molecular formula is C22H32N4O3S. The summed E-state index contributed by atoms with van der Waals surface area (Å²) < 4.78 is 25.6. The van der Waals surface area contributed by atoms with E-state index in [0.29, 0.717) is 6.42 Å². The molecule has 0 bridgehead atoms. The number of rotatable bonds is 8. The summed E-state index contributed by atoms with van der Waals surface area (Å²) in [5.74, 6) is 0.224. The standard InChI is InChI=1S/C22H32N4O3S/c1-5-6-12-25(20-11-13-30(28,29)15-20)14-21(27)23-22-17(3)24-26(18(22)4)19-9-7-16(2)8-10-19/h7-10,20H,5-6,11-15H2,1-4H3,(H,23,27). The molecule has 3 rings (SSSR count). The molecule has 8 heteroatoms. The maximum atomic E-state index is 12.9. The first-order valence-corrected chi connectivity index (χ1v) is 12.4. The lowest BCUT2D eigenvalue weighted by atomic mass is 10.2. The highest BCUT2D eigenvalue weighted by molar-refractivity contribution is 7.91. The van der Waals surface area contributed by atoms with Crippen LogP contribution in [-0.2, 0) is 14.6 Å². The third kappa shape index (κ3) is 5.29. The van der Waals surface area contributed by atoms with Crippen molar-refractivity contribution in [1.29, 1.82) is 0 Å². The van der Waals surface area contributed by atoms with Gasteiger partial charge < -0.3 is 5.32 Å². The largest absolute Gasteiger partial charge is 0.322 e. The number of nitrogens with zero attached hydrogens (tertiary/aromatic N) is 3. The zero-order valence-corrected chi connectivity index (χ0v) is 19.1. The number of carbonyl (C=O) groups excluding carboxylic acids is 1. The molecule has 1 saturated heterocycles. The minimum Gasteiger partial charge on any atom is -0.322 e. The fraction of sp³-hybridized carbons (Fsp3) is 0.545. The smallest absolute Gasteiger partial charge is 0.238 e. The van der Waals surface area contributed by atoms with Crippen LogP contribution in [0.5, 0.6) is 0 Å². The minimum atomic E-state index is -2.99. The fourth-order valence-corrected chi connectivity index (χ4v) is 5.70. The third-order valence-corrected chi connectivity index (χ3v) is 7.45. The number of unbranched alkanes of at least 4 members (excludes halogenated alkanes) is 1. The summed E-state index contributed by atoms with van der Waals surface area (Å²) in [4.78, 5) is 14.9. The van der Waals surface area contributed by atoms with Gasteiger partial charge in [0.1, 0.15) is 0 Å². The molecule has 1 unspecified atom stereocenters. The number of benzene rings is 1. The highest BCUT2D eigenvalue weighted by atomic mass is 32.2. The lowest BCUT2D eigenvalue weighted by Crippen LogP contribution is -2.42. The number of aryl methyl sites for hydroxylation is 2. The molecule has 0 spiro atoms. The summed E-state index contributed by atoms with van der Waals surface area (Å²) in [6, 6.07) is 8.00. The predicted molar refractivity (Wildman–Crippen MR) is 120 cm³/mol. The molecule has 1 aliphatic rings. The van der Waals surface area contributed by atoms with Crippen LogP contribution in [0.1, 0.15) is 43.1 Å². The van der Waals surface area contributed by atoms with Crippen LogP contribution in [0.2, 0.25) is 0 Å². The first-order chi connectivity index (χ1) is 14.2. The van der Waals surface area contributed by atoms with Crippen molar-refractivity contribution in [2.75, 3.05) is 29.9 Å². The fourth-order valence-electron chi connectivity index (χ4n) is 3.94. The van der Waals surface area contributed by atoms with E-state index in [0.717, 1.165) is 42.1 Å². The molecule has 1 atom stereocenters. The van der Waals surface area contributed by atoms with Crippen molar-refractivity contribution in [3.63, 3.8) is 0 Å². The van der Waals surface area contributed by atoms with Gasteiger partial charge >= 0.3 is 0 Å². The van der Waals surface area contributed by atoms with Crippen LogP contribution >= 0.6 is 0 Å². The second-order valence-corrected chi connectivity index (χ2v) is 10.5. The van der Waals surface area contributed by atoms with E-state index in [9.17, 15) is 13.2 Å². The van der Waals surface area contributed by atoms with Gasteiger partial charge in [-0.05, 0) is 52.3 Å². The Morgan fingerprint density at radius 2 is 1.93 bits per heavy atom. The van der Waals surface area contributed by atoms with Crippen LogP contribution in [0.3, 0.4) is 0 Å². The van der Waals surface area contributed by atoms with Crippen molar-refractivity contribution in [2.24, 2.45) is 0 Å². The van der Waals surface area contributed by atoms with E-state index in [4.69, 9.17) is 0 Å². The Kier molecular flexibility index (Phi) is 6.98. The van der Waals surface area contributed by atoms with Crippen molar-refractivity contribution in [3.8, 4) is 5.69 Å². The first kappa shape index (κ1) is 22.5. The number of carbonyl (C=O) groups is 1. The Labute approximate surface area is 179 Å². The zero-order valence-electron chi connectivity index (χ0n) is 18.3. The Morgan fingerprint density at radius 3 is 2.53 bits per heavy atom. The van der Waals surface area contributed by atoms with Crippen molar-refractivity contribution >= 4 is 21.4 Å². The van der Waals surface area contributed by atoms with E-state index < -0.39 is 9.84 Å². The molecule has 164 valence electrons. The summed E-state index contributed by atoms with van der Waals surface area (Å²) in [5, 5.41) is 7.62. The second kappa shape index (κ2) is 9.31. The van der Waals surface area contributed by atoms with Gasteiger partial charge in [0.25, 0.3) is 0 Å². The molecule has 7 nitrogen and oxygen atoms in total. The molecule has 0 aliphatic carbocycles. The molecule has 1 amide bonds. The van der Waals surface area contributed by atoms with Gasteiger partial charge in [0, 0.05) is 6.04 Å². The third-order valence-electron chi connectivity index (χ3n) is 5.70. The van der Waals surface area contributed by atoms with Crippen LogP contribution in [0.15, 0.2) is 24.3 Å². The van der Waals surface area contributed by atoms with E-state index in [-0.39, 0.29) is 30.0 Å². The summed E-state index contributed by atoms with van der Waals surface area (Å²) in [6.45, 7) is 8.87. The van der Waals surface area contributed by atoms with Gasteiger partial charge in [-0.25, -0.2) is 13.1 Å². The lowest BCUT2D eigenvalue weighted by molar-refractivity contribution is -0.117. The summed E-state index contributed by atoms with van der Waals surface area (Å²) in [6.07, 6.45) is 2.54. The number of hydrogen-bond donors (Lipinski definition) is 1. The highest BCUT2D eigenvalue weighted by Gasteiger charge is 2.33. The number of nitrogens with one attached hydrogen (secondary N) is 1. The minimum absolute atomic E-state index is 0.0789. The number of anilines is 1. The van der Waals surface area contributed by atoms with Crippen LogP contribution < -0.4 is 5.32 Å². The van der Waals surface area contributed by atoms with E-state index >= 15 is 0 Å². The monoisotopic (exact) mass is 432 g/mol. The maximum absolute atomic E-state index is 12.9. The SMILES string of the molecule is CCCCN(CC(=O)Nc1c(C)nn(-c2ccc(C)cc2)c1C)C1CCS(=O)(=O)C1. The second-order valence-electron chi connectivity index (χ2n) is 8.22. The summed E-state index contributed by atoms with van der Waals surface area (Å²) in [5.41, 5.74) is 4.46. The van der Waals surface area contributed by atoms with Gasteiger partial charge in [-0.2, -0.15) is 5.10 Å². The molecule has 2 heterocycles. The van der Waals surface area contributed by atoms with E-state index in [1.54, 1.807) is 0 Å².